The molecule has 2 heterocycles. The maximum absolute atomic E-state index is 8.99. The molecule has 1 saturated heterocycles. The smallest absolute Gasteiger partial charge is 0.0476 e. The van der Waals surface area contributed by atoms with Crippen LogP contribution in [0.4, 0.5) is 5.69 Å². The van der Waals surface area contributed by atoms with Crippen molar-refractivity contribution < 1.29 is 5.11 Å². The number of aliphatic hydroxyl groups excluding tert-OH is 1. The third-order valence-electron chi connectivity index (χ3n) is 2.57. The Bertz CT molecular complexity index is 263. The molecule has 0 unspecified atom stereocenters. The molecule has 1 N–H and O–H groups in total. The largest absolute Gasteiger partial charge is 0.396 e. The molecule has 1 atom stereocenters. The molecule has 0 radical (unpaired) electrons. The monoisotopic (exact) mass is 178 g/mol. The SMILES string of the molecule is OC[C@@H]1CCN(c2ccncc2)C1. The number of hydrogen-bond acceptors (Lipinski definition) is 3. The van der Waals surface area contributed by atoms with E-state index in [1.165, 1.54) is 5.69 Å². The van der Waals surface area contributed by atoms with Gasteiger partial charge in [0.15, 0.2) is 0 Å². The summed E-state index contributed by atoms with van der Waals surface area (Å²) in [6.45, 7) is 2.33. The van der Waals surface area contributed by atoms with E-state index in [-0.39, 0.29) is 0 Å². The summed E-state index contributed by atoms with van der Waals surface area (Å²) in [5, 5.41) is 8.99. The van der Waals surface area contributed by atoms with Gasteiger partial charge in [-0.25, -0.2) is 0 Å². The van der Waals surface area contributed by atoms with Crippen LogP contribution in [0.15, 0.2) is 24.5 Å². The van der Waals surface area contributed by atoms with Gasteiger partial charge in [0.2, 0.25) is 0 Å². The van der Waals surface area contributed by atoms with E-state index in [1.807, 2.05) is 24.5 Å². The number of anilines is 1. The molecule has 0 saturated carbocycles. The Morgan fingerprint density at radius 3 is 2.85 bits per heavy atom. The fraction of sp³-hybridized carbons (Fsp3) is 0.500. The molecule has 0 bridgehead atoms. The zero-order valence-corrected chi connectivity index (χ0v) is 7.56. The molecule has 2 rings (SSSR count). The molecule has 70 valence electrons. The zero-order valence-electron chi connectivity index (χ0n) is 7.56. The molecule has 0 aliphatic carbocycles. The predicted molar refractivity (Wildman–Crippen MR) is 51.6 cm³/mol. The molecule has 0 amide bonds. The van der Waals surface area contributed by atoms with E-state index in [4.69, 9.17) is 5.11 Å². The second-order valence-electron chi connectivity index (χ2n) is 3.49. The van der Waals surface area contributed by atoms with Gasteiger partial charge in [-0.1, -0.05) is 0 Å². The average molecular weight is 178 g/mol. The minimum atomic E-state index is 0.307. The first-order valence-electron chi connectivity index (χ1n) is 4.66. The van der Waals surface area contributed by atoms with E-state index in [1.54, 1.807) is 0 Å². The van der Waals surface area contributed by atoms with Crippen molar-refractivity contribution >= 4 is 5.69 Å². The number of aromatic nitrogens is 1. The first-order valence-corrected chi connectivity index (χ1v) is 4.66. The Morgan fingerprint density at radius 1 is 1.46 bits per heavy atom. The van der Waals surface area contributed by atoms with Crippen molar-refractivity contribution in [2.45, 2.75) is 6.42 Å². The minimum absolute atomic E-state index is 0.307. The first-order chi connectivity index (χ1) is 6.40. The van der Waals surface area contributed by atoms with Crippen LogP contribution in [0, 0.1) is 5.92 Å². The Hall–Kier alpha value is -1.09. The number of rotatable bonds is 2. The zero-order chi connectivity index (χ0) is 9.10. The van der Waals surface area contributed by atoms with Gasteiger partial charge in [0, 0.05) is 43.7 Å². The topological polar surface area (TPSA) is 36.4 Å². The van der Waals surface area contributed by atoms with E-state index >= 15 is 0 Å². The molecule has 3 nitrogen and oxygen atoms in total. The van der Waals surface area contributed by atoms with Crippen molar-refractivity contribution in [3.05, 3.63) is 24.5 Å². The molecule has 0 spiro atoms. The molecule has 1 aromatic heterocycles. The fourth-order valence-electron chi connectivity index (χ4n) is 1.77. The Labute approximate surface area is 78.0 Å². The number of aliphatic hydroxyl groups is 1. The van der Waals surface area contributed by atoms with Crippen LogP contribution in [0.25, 0.3) is 0 Å². The molecule has 13 heavy (non-hydrogen) atoms. The second-order valence-corrected chi connectivity index (χ2v) is 3.49. The lowest BCUT2D eigenvalue weighted by Crippen LogP contribution is -2.20. The molecule has 1 aliphatic rings. The lowest BCUT2D eigenvalue weighted by molar-refractivity contribution is 0.238. The second kappa shape index (κ2) is 3.75. The summed E-state index contributed by atoms with van der Waals surface area (Å²) in [4.78, 5) is 6.27. The van der Waals surface area contributed by atoms with Crippen LogP contribution in [0.5, 0.6) is 0 Å². The first kappa shape index (κ1) is 8.51. The third kappa shape index (κ3) is 1.80. The van der Waals surface area contributed by atoms with Gasteiger partial charge < -0.3 is 10.0 Å². The molecule has 1 aromatic rings. The van der Waals surface area contributed by atoms with E-state index in [0.29, 0.717) is 12.5 Å². The van der Waals surface area contributed by atoms with Crippen molar-refractivity contribution in [1.29, 1.82) is 0 Å². The Balaban J connectivity index is 2.04. The van der Waals surface area contributed by atoms with Gasteiger partial charge in [-0.2, -0.15) is 0 Å². The average Bonchev–Trinajstić information content (AvgIpc) is 2.67. The van der Waals surface area contributed by atoms with E-state index in [0.717, 1.165) is 19.5 Å². The molecular formula is C10H14N2O. The fourth-order valence-corrected chi connectivity index (χ4v) is 1.77. The maximum Gasteiger partial charge on any atom is 0.0476 e. The molecule has 3 heteroatoms. The highest BCUT2D eigenvalue weighted by Gasteiger charge is 2.21. The Morgan fingerprint density at radius 2 is 2.23 bits per heavy atom. The van der Waals surface area contributed by atoms with Crippen molar-refractivity contribution in [1.82, 2.24) is 4.98 Å². The molecule has 1 aliphatic heterocycles. The van der Waals surface area contributed by atoms with Gasteiger partial charge in [-0.3, -0.25) is 4.98 Å². The van der Waals surface area contributed by atoms with Crippen LogP contribution in [0.2, 0.25) is 0 Å². The summed E-state index contributed by atoms with van der Waals surface area (Å²) >= 11 is 0. The normalized spacial score (nSPS) is 22.2. The number of pyridine rings is 1. The summed E-state index contributed by atoms with van der Waals surface area (Å²) in [7, 11) is 0. The standard InChI is InChI=1S/C10H14N2O/c13-8-9-3-6-12(7-9)10-1-4-11-5-2-10/h1-2,4-5,9,13H,3,6-8H2/t9-/m1/s1. The molecule has 1 fully saturated rings. The molecular weight excluding hydrogens is 164 g/mol. The highest BCUT2D eigenvalue weighted by molar-refractivity contribution is 5.45. The van der Waals surface area contributed by atoms with Gasteiger partial charge in [0.1, 0.15) is 0 Å². The highest BCUT2D eigenvalue weighted by Crippen LogP contribution is 2.22. The number of nitrogens with zero attached hydrogens (tertiary/aromatic N) is 2. The van der Waals surface area contributed by atoms with Crippen LogP contribution in [0.3, 0.4) is 0 Å². The van der Waals surface area contributed by atoms with Crippen LogP contribution < -0.4 is 4.90 Å². The summed E-state index contributed by atoms with van der Waals surface area (Å²) in [5.41, 5.74) is 1.21. The van der Waals surface area contributed by atoms with Gasteiger partial charge in [-0.05, 0) is 18.6 Å². The third-order valence-corrected chi connectivity index (χ3v) is 2.57. The summed E-state index contributed by atoms with van der Waals surface area (Å²) in [6.07, 6.45) is 4.71. The van der Waals surface area contributed by atoms with E-state index in [2.05, 4.69) is 9.88 Å². The summed E-state index contributed by atoms with van der Waals surface area (Å²) in [5.74, 6) is 0.452. The van der Waals surface area contributed by atoms with Gasteiger partial charge in [-0.15, -0.1) is 0 Å². The van der Waals surface area contributed by atoms with Gasteiger partial charge in [0.25, 0.3) is 0 Å². The lowest BCUT2D eigenvalue weighted by Gasteiger charge is -2.17. The van der Waals surface area contributed by atoms with E-state index in [9.17, 15) is 0 Å². The van der Waals surface area contributed by atoms with Crippen LogP contribution in [-0.2, 0) is 0 Å². The van der Waals surface area contributed by atoms with Crippen molar-refractivity contribution in [3.8, 4) is 0 Å². The van der Waals surface area contributed by atoms with Crippen LogP contribution in [-0.4, -0.2) is 29.8 Å². The van der Waals surface area contributed by atoms with Crippen LogP contribution in [0.1, 0.15) is 6.42 Å². The van der Waals surface area contributed by atoms with Crippen molar-refractivity contribution in [2.75, 3.05) is 24.6 Å². The summed E-state index contributed by atoms with van der Waals surface area (Å²) < 4.78 is 0. The van der Waals surface area contributed by atoms with Crippen LogP contribution >= 0.6 is 0 Å². The van der Waals surface area contributed by atoms with Gasteiger partial charge in [0.05, 0.1) is 0 Å². The minimum Gasteiger partial charge on any atom is -0.396 e. The van der Waals surface area contributed by atoms with Gasteiger partial charge >= 0.3 is 0 Å². The lowest BCUT2D eigenvalue weighted by atomic mass is 10.1. The maximum atomic E-state index is 8.99. The quantitative estimate of drug-likeness (QED) is 0.731. The predicted octanol–water partition coefficient (Wildman–Crippen LogP) is 0.900. The summed E-state index contributed by atoms with van der Waals surface area (Å²) in [6, 6.07) is 4.03. The number of hydrogen-bond donors (Lipinski definition) is 1. The van der Waals surface area contributed by atoms with Crippen molar-refractivity contribution in [3.63, 3.8) is 0 Å². The van der Waals surface area contributed by atoms with Crippen molar-refractivity contribution in [2.24, 2.45) is 5.92 Å². The van der Waals surface area contributed by atoms with E-state index < -0.39 is 0 Å². The Kier molecular flexibility index (Phi) is 2.45. The molecule has 0 aromatic carbocycles. The highest BCUT2D eigenvalue weighted by atomic mass is 16.3.